The molecule has 6 aromatic heterocycles. The van der Waals surface area contributed by atoms with Gasteiger partial charge >= 0.3 is 0 Å². The van der Waals surface area contributed by atoms with Gasteiger partial charge in [-0.1, -0.05) is 116 Å². The van der Waals surface area contributed by atoms with Crippen LogP contribution in [-0.2, 0) is 33.5 Å². The molecular weight excluding hydrogens is 886 g/mol. The van der Waals surface area contributed by atoms with Crippen LogP contribution < -0.4 is 4.57 Å². The molecule has 0 spiro atoms. The average molecular weight is 922 g/mol. The van der Waals surface area contributed by atoms with Crippen molar-refractivity contribution in [3.8, 4) is 17.2 Å². The molecule has 0 aliphatic carbocycles. The van der Waals surface area contributed by atoms with E-state index in [-0.39, 0.29) is 26.5 Å². The van der Waals surface area contributed by atoms with Crippen molar-refractivity contribution in [2.45, 2.75) is 26.2 Å². The molecule has 0 saturated heterocycles. The van der Waals surface area contributed by atoms with Crippen molar-refractivity contribution in [1.29, 1.82) is 0 Å². The van der Waals surface area contributed by atoms with Crippen LogP contribution in [0.15, 0.2) is 132 Å². The van der Waals surface area contributed by atoms with E-state index in [2.05, 4.69) is 101 Å². The predicted molar refractivity (Wildman–Crippen MR) is 222 cm³/mol. The summed E-state index contributed by atoms with van der Waals surface area (Å²) >= 11 is 0. The molecule has 8 nitrogen and oxygen atoms in total. The van der Waals surface area contributed by atoms with E-state index in [0.29, 0.717) is 39.4 Å². The van der Waals surface area contributed by atoms with E-state index < -0.39 is 6.98 Å². The largest absolute Gasteiger partial charge is 0.514 e. The summed E-state index contributed by atoms with van der Waals surface area (Å²) in [7, 11) is 0. The van der Waals surface area contributed by atoms with Crippen LogP contribution in [-0.4, -0.2) is 28.1 Å². The van der Waals surface area contributed by atoms with Gasteiger partial charge in [0.1, 0.15) is 11.4 Å². The number of aromatic nitrogens is 7. The molecule has 6 heterocycles. The van der Waals surface area contributed by atoms with Crippen LogP contribution >= 0.6 is 0 Å². The van der Waals surface area contributed by atoms with Gasteiger partial charge in [0.2, 0.25) is 12.1 Å². The minimum Gasteiger partial charge on any atom is -0.514 e. The second-order valence-corrected chi connectivity index (χ2v) is 15.4. The molecule has 57 heavy (non-hydrogen) atoms. The maximum absolute atomic E-state index is 8.36. The maximum atomic E-state index is 8.36. The number of nitrogens with zero attached hydrogens (tertiary/aromatic N) is 7. The zero-order valence-electron chi connectivity index (χ0n) is 34.0. The topological polar surface area (TPSA) is 62.0 Å². The fourth-order valence-electron chi connectivity index (χ4n) is 8.46. The molecule has 0 N–H and O–H groups in total. The Morgan fingerprint density at radius 2 is 1.46 bits per heavy atom. The Morgan fingerprint density at radius 3 is 2.30 bits per heavy atom. The van der Waals surface area contributed by atoms with Gasteiger partial charge in [0, 0.05) is 43.7 Å². The average Bonchev–Trinajstić information content (AvgIpc) is 4.03. The van der Waals surface area contributed by atoms with Crippen LogP contribution in [0.4, 0.5) is 0 Å². The van der Waals surface area contributed by atoms with Crippen LogP contribution in [0.5, 0.6) is 0 Å². The molecule has 0 unspecified atom stereocenters. The summed E-state index contributed by atoms with van der Waals surface area (Å²) in [6.07, 6.45) is 5.04. The Labute approximate surface area is 345 Å². The Hall–Kier alpha value is -6.50. The van der Waals surface area contributed by atoms with Gasteiger partial charge in [0.15, 0.2) is 0 Å². The molecule has 12 aromatic rings. The number of hydrogen-bond donors (Lipinski definition) is 0. The van der Waals surface area contributed by atoms with Gasteiger partial charge in [-0.05, 0) is 69.5 Å². The number of para-hydroxylation sites is 6. The maximum Gasteiger partial charge on any atom is 0.242 e. The Morgan fingerprint density at radius 1 is 0.702 bits per heavy atom. The first-order chi connectivity index (χ1) is 28.5. The molecule has 0 atom stereocenters. The SMILES string of the molecule is [2H]C([2H])([2H])[n+]1[c-]n(-c2[c-]c(-n3c4[c-]c5c(cc4n4c6ccccc6nc34)c3ccccc3n5-c3cc(C(C)(C)C)ccn3)c3oc4ccccc4c3c2)c2ccccc21.[Pt]. The number of rotatable bonds is 3. The predicted octanol–water partition coefficient (Wildman–Crippen LogP) is 10.3. The van der Waals surface area contributed by atoms with E-state index in [1.807, 2.05) is 72.9 Å². The number of aryl methyl sites for hydroxylation is 1. The molecule has 0 saturated carbocycles. The second-order valence-electron chi connectivity index (χ2n) is 15.4. The van der Waals surface area contributed by atoms with Crippen molar-refractivity contribution >= 4 is 82.6 Å². The number of benzene rings is 6. The minimum atomic E-state index is -2.46. The van der Waals surface area contributed by atoms with E-state index in [1.165, 1.54) is 10.1 Å². The van der Waals surface area contributed by atoms with E-state index in [0.717, 1.165) is 60.5 Å². The number of hydrogen-bond acceptors (Lipinski definition) is 3. The van der Waals surface area contributed by atoms with Gasteiger partial charge < -0.3 is 27.1 Å². The van der Waals surface area contributed by atoms with E-state index in [4.69, 9.17) is 18.5 Å². The third kappa shape index (κ3) is 4.74. The minimum absolute atomic E-state index is 0. The molecule has 0 amide bonds. The van der Waals surface area contributed by atoms with Crippen molar-refractivity contribution in [3.63, 3.8) is 0 Å². The molecule has 6 aromatic carbocycles. The molecule has 0 fully saturated rings. The van der Waals surface area contributed by atoms with E-state index in [9.17, 15) is 0 Å². The first kappa shape index (κ1) is 30.7. The van der Waals surface area contributed by atoms with Crippen molar-refractivity contribution < 1.29 is 34.2 Å². The van der Waals surface area contributed by atoms with Crippen LogP contribution in [0.1, 0.15) is 30.4 Å². The van der Waals surface area contributed by atoms with Gasteiger partial charge in [-0.2, -0.15) is 12.1 Å². The van der Waals surface area contributed by atoms with Gasteiger partial charge in [0.25, 0.3) is 0 Å². The Balaban J connectivity index is 0.00000408. The molecular formula is C48H33N7OPt-2. The first-order valence-corrected chi connectivity index (χ1v) is 18.6. The fraction of sp³-hybridized carbons (Fsp3) is 0.104. The summed E-state index contributed by atoms with van der Waals surface area (Å²) in [4.78, 5) is 10.2. The zero-order valence-corrected chi connectivity index (χ0v) is 33.3. The molecule has 0 aliphatic heterocycles. The zero-order chi connectivity index (χ0) is 39.9. The van der Waals surface area contributed by atoms with Gasteiger partial charge in [-0.3, -0.25) is 0 Å². The van der Waals surface area contributed by atoms with Crippen LogP contribution in [0.25, 0.3) is 99.8 Å². The van der Waals surface area contributed by atoms with Crippen molar-refractivity contribution in [2.75, 3.05) is 0 Å². The van der Waals surface area contributed by atoms with Gasteiger partial charge in [-0.15, -0.1) is 12.1 Å². The first-order valence-electron chi connectivity index (χ1n) is 20.1. The van der Waals surface area contributed by atoms with Crippen molar-refractivity contribution in [3.05, 3.63) is 152 Å². The third-order valence-electron chi connectivity index (χ3n) is 11.1. The van der Waals surface area contributed by atoms with E-state index in [1.54, 1.807) is 10.6 Å². The molecule has 0 bridgehead atoms. The summed E-state index contributed by atoms with van der Waals surface area (Å²) < 4.78 is 41.3. The molecule has 9 heteroatoms. The second kappa shape index (κ2) is 12.0. The molecule has 12 rings (SSSR count). The molecule has 0 aliphatic rings. The third-order valence-corrected chi connectivity index (χ3v) is 11.1. The molecule has 278 valence electrons. The summed E-state index contributed by atoms with van der Waals surface area (Å²) in [6, 6.07) is 48.0. The monoisotopic (exact) mass is 921 g/mol. The summed E-state index contributed by atoms with van der Waals surface area (Å²) in [5.41, 5.74) is 10.1. The van der Waals surface area contributed by atoms with Gasteiger partial charge in [-0.25, -0.2) is 9.97 Å². The fourth-order valence-corrected chi connectivity index (χ4v) is 8.46. The quantitative estimate of drug-likeness (QED) is 0.131. The van der Waals surface area contributed by atoms with Gasteiger partial charge in [0.05, 0.1) is 33.2 Å². The number of furan rings is 1. The normalized spacial score (nSPS) is 13.4. The number of imidazole rings is 3. The van der Waals surface area contributed by atoms with Crippen LogP contribution in [0.3, 0.4) is 0 Å². The Kier molecular flexibility index (Phi) is 6.46. The van der Waals surface area contributed by atoms with E-state index >= 15 is 0 Å². The standard InChI is InChI=1S/C48H33N7O.Pt/c1-48(2,3)29-21-22-49-45(23-29)53-36-16-8-5-13-31(36)33-26-41-42(27-40(33)53)55(47-50-35-15-7-9-17-37(35)54(41)47)43-25-30(52-28-51(4)38-18-10-11-19-39(38)52)24-34-32-14-6-12-20-44(32)56-46(34)43;/h5-24,26H,1-4H3;/q-2;/i4D3;. The summed E-state index contributed by atoms with van der Waals surface area (Å²) in [6.45, 7) is 4.17. The van der Waals surface area contributed by atoms with Crippen LogP contribution in [0.2, 0.25) is 0 Å². The smallest absolute Gasteiger partial charge is 0.242 e. The molecule has 0 radical (unpaired) electrons. The summed E-state index contributed by atoms with van der Waals surface area (Å²) in [5.74, 6) is 1.46. The Bertz CT molecular complexity index is 3730. The number of fused-ring (bicyclic) bond motifs is 12. The van der Waals surface area contributed by atoms with Crippen LogP contribution in [0, 0.1) is 18.5 Å². The summed E-state index contributed by atoms with van der Waals surface area (Å²) in [5, 5.41) is 3.86. The number of pyridine rings is 1. The van der Waals surface area contributed by atoms with Crippen molar-refractivity contribution in [2.24, 2.45) is 6.98 Å². The van der Waals surface area contributed by atoms with Crippen molar-refractivity contribution in [1.82, 2.24) is 28.1 Å².